The second-order valence-corrected chi connectivity index (χ2v) is 6.98. The van der Waals surface area contributed by atoms with Crippen molar-refractivity contribution in [1.29, 1.82) is 0 Å². The van der Waals surface area contributed by atoms with E-state index in [1.165, 1.54) is 4.90 Å². The molecular weight excluding hydrogens is 374 g/mol. The average Bonchev–Trinajstić information content (AvgIpc) is 2.69. The summed E-state index contributed by atoms with van der Waals surface area (Å²) in [7, 11) is 0. The van der Waals surface area contributed by atoms with Gasteiger partial charge in [0.1, 0.15) is 13.2 Å². The quantitative estimate of drug-likeness (QED) is 0.408. The van der Waals surface area contributed by atoms with E-state index >= 15 is 0 Å². The number of carbonyl (C=O) groups excluding carboxylic acids is 4. The molecule has 0 bridgehead atoms. The van der Waals surface area contributed by atoms with E-state index in [2.05, 4.69) is 17.6 Å². The van der Waals surface area contributed by atoms with E-state index in [0.29, 0.717) is 31.6 Å². The Kier molecular flexibility index (Phi) is 9.30. The van der Waals surface area contributed by atoms with E-state index < -0.39 is 0 Å². The van der Waals surface area contributed by atoms with Gasteiger partial charge < -0.3 is 15.4 Å². The van der Waals surface area contributed by atoms with Gasteiger partial charge >= 0.3 is 0 Å². The van der Waals surface area contributed by atoms with Crippen molar-refractivity contribution in [2.75, 3.05) is 31.6 Å². The fraction of sp³-hybridized carbons (Fsp3) is 0.524. The molecule has 0 radical (unpaired) electrons. The number of amides is 4. The molecule has 1 aromatic carbocycles. The maximum Gasteiger partial charge on any atom is 0.250 e. The standard InChI is InChI=1S/C21H29N3O5/c1-2-3-4-12-22-18(25)14-29-15-19(26)23-17-8-5-16(6-9-17)7-10-20(27)24-13-11-21(24)28/h5-6,8-9H,2-4,7,10-15H2,1H3,(H,22,25)(H,23,26). The van der Waals surface area contributed by atoms with Gasteiger partial charge in [-0.05, 0) is 30.5 Å². The number of β-lactam (4-membered cyclic amide) rings is 1. The third-order valence-corrected chi connectivity index (χ3v) is 4.59. The number of carbonyl (C=O) groups is 4. The normalized spacial score (nSPS) is 13.0. The number of anilines is 1. The molecule has 1 heterocycles. The summed E-state index contributed by atoms with van der Waals surface area (Å²) in [6.45, 7) is 2.88. The monoisotopic (exact) mass is 403 g/mol. The lowest BCUT2D eigenvalue weighted by Gasteiger charge is -2.28. The van der Waals surface area contributed by atoms with Crippen LogP contribution < -0.4 is 10.6 Å². The second kappa shape index (κ2) is 12.0. The smallest absolute Gasteiger partial charge is 0.250 e. The topological polar surface area (TPSA) is 105 Å². The minimum atomic E-state index is -0.344. The van der Waals surface area contributed by atoms with Crippen molar-refractivity contribution < 1.29 is 23.9 Å². The van der Waals surface area contributed by atoms with E-state index in [1.54, 1.807) is 12.1 Å². The van der Waals surface area contributed by atoms with Crippen LogP contribution in [-0.4, -0.2) is 54.8 Å². The van der Waals surface area contributed by atoms with Crippen molar-refractivity contribution in [2.45, 2.75) is 45.4 Å². The largest absolute Gasteiger partial charge is 0.362 e. The van der Waals surface area contributed by atoms with Crippen LogP contribution in [-0.2, 0) is 30.3 Å². The van der Waals surface area contributed by atoms with Gasteiger partial charge in [-0.15, -0.1) is 0 Å². The molecule has 0 saturated carbocycles. The molecule has 1 saturated heterocycles. The lowest BCUT2D eigenvalue weighted by Crippen LogP contribution is -2.47. The summed E-state index contributed by atoms with van der Waals surface area (Å²) in [6.07, 6.45) is 4.36. The number of hydrogen-bond acceptors (Lipinski definition) is 5. The number of likely N-dealkylation sites (tertiary alicyclic amines) is 1. The van der Waals surface area contributed by atoms with Crippen LogP contribution in [0, 0.1) is 0 Å². The van der Waals surface area contributed by atoms with Crippen molar-refractivity contribution in [3.05, 3.63) is 29.8 Å². The number of imide groups is 1. The van der Waals surface area contributed by atoms with Crippen molar-refractivity contribution in [2.24, 2.45) is 0 Å². The highest BCUT2D eigenvalue weighted by Gasteiger charge is 2.29. The SMILES string of the molecule is CCCCCNC(=O)COCC(=O)Nc1ccc(CCC(=O)N2CCC2=O)cc1. The first-order valence-electron chi connectivity index (χ1n) is 10.1. The summed E-state index contributed by atoms with van der Waals surface area (Å²) in [4.78, 5) is 47.8. The minimum Gasteiger partial charge on any atom is -0.362 e. The molecule has 0 aromatic heterocycles. The number of nitrogens with zero attached hydrogens (tertiary/aromatic N) is 1. The molecule has 8 nitrogen and oxygen atoms in total. The van der Waals surface area contributed by atoms with Gasteiger partial charge in [0, 0.05) is 31.6 Å². The van der Waals surface area contributed by atoms with Gasteiger partial charge in [0.15, 0.2) is 0 Å². The summed E-state index contributed by atoms with van der Waals surface area (Å²) < 4.78 is 5.13. The van der Waals surface area contributed by atoms with Crippen LogP contribution >= 0.6 is 0 Å². The van der Waals surface area contributed by atoms with Crippen LogP contribution in [0.3, 0.4) is 0 Å². The Labute approximate surface area is 171 Å². The maximum atomic E-state index is 11.9. The fourth-order valence-corrected chi connectivity index (χ4v) is 2.81. The van der Waals surface area contributed by atoms with Crippen molar-refractivity contribution >= 4 is 29.3 Å². The van der Waals surface area contributed by atoms with Crippen molar-refractivity contribution in [1.82, 2.24) is 10.2 Å². The molecule has 1 aliphatic rings. The minimum absolute atomic E-state index is 0.107. The van der Waals surface area contributed by atoms with Gasteiger partial charge in [-0.1, -0.05) is 31.9 Å². The molecule has 8 heteroatoms. The number of rotatable bonds is 12. The van der Waals surface area contributed by atoms with E-state index in [4.69, 9.17) is 4.74 Å². The number of aryl methyl sites for hydroxylation is 1. The summed E-state index contributed by atoms with van der Waals surface area (Å²) in [5, 5.41) is 5.44. The van der Waals surface area contributed by atoms with E-state index in [1.807, 2.05) is 12.1 Å². The lowest BCUT2D eigenvalue weighted by atomic mass is 10.1. The molecule has 0 spiro atoms. The zero-order valence-electron chi connectivity index (χ0n) is 16.9. The molecule has 0 aliphatic carbocycles. The average molecular weight is 403 g/mol. The van der Waals surface area contributed by atoms with Crippen LogP contribution in [0.15, 0.2) is 24.3 Å². The van der Waals surface area contributed by atoms with Crippen LogP contribution in [0.1, 0.15) is 44.6 Å². The predicted octanol–water partition coefficient (Wildman–Crippen LogP) is 1.64. The van der Waals surface area contributed by atoms with Gasteiger partial charge in [0.25, 0.3) is 0 Å². The maximum absolute atomic E-state index is 11.9. The van der Waals surface area contributed by atoms with Gasteiger partial charge in [0.05, 0.1) is 0 Å². The van der Waals surface area contributed by atoms with Crippen molar-refractivity contribution in [3.63, 3.8) is 0 Å². The second-order valence-electron chi connectivity index (χ2n) is 6.98. The van der Waals surface area contributed by atoms with E-state index in [0.717, 1.165) is 24.8 Å². The Morgan fingerprint density at radius 3 is 2.41 bits per heavy atom. The Hall–Kier alpha value is -2.74. The summed E-state index contributed by atoms with van der Waals surface area (Å²) >= 11 is 0. The van der Waals surface area contributed by atoms with Crippen LogP contribution in [0.25, 0.3) is 0 Å². The first-order valence-corrected chi connectivity index (χ1v) is 10.1. The fourth-order valence-electron chi connectivity index (χ4n) is 2.81. The zero-order chi connectivity index (χ0) is 21.1. The molecule has 158 valence electrons. The first kappa shape index (κ1) is 22.5. The van der Waals surface area contributed by atoms with Crippen LogP contribution in [0.4, 0.5) is 5.69 Å². The Bertz CT molecular complexity index is 718. The summed E-state index contributed by atoms with van der Waals surface area (Å²) in [5.41, 5.74) is 1.55. The van der Waals surface area contributed by atoms with Gasteiger partial charge in [-0.2, -0.15) is 0 Å². The molecule has 2 rings (SSSR count). The number of nitrogens with one attached hydrogen (secondary N) is 2. The third kappa shape index (κ3) is 8.03. The Balaban J connectivity index is 1.61. The van der Waals surface area contributed by atoms with Crippen LogP contribution in [0.5, 0.6) is 0 Å². The predicted molar refractivity (Wildman–Crippen MR) is 108 cm³/mol. The number of benzene rings is 1. The molecule has 1 aromatic rings. The van der Waals surface area contributed by atoms with Crippen molar-refractivity contribution in [3.8, 4) is 0 Å². The number of hydrogen-bond donors (Lipinski definition) is 2. The summed E-state index contributed by atoms with van der Waals surface area (Å²) in [5.74, 6) is -0.829. The molecular formula is C21H29N3O5. The zero-order valence-corrected chi connectivity index (χ0v) is 16.9. The van der Waals surface area contributed by atoms with Gasteiger partial charge in [-0.3, -0.25) is 24.1 Å². The molecule has 1 fully saturated rings. The Morgan fingerprint density at radius 1 is 1.07 bits per heavy atom. The molecule has 29 heavy (non-hydrogen) atoms. The highest BCUT2D eigenvalue weighted by molar-refractivity contribution is 5.99. The summed E-state index contributed by atoms with van der Waals surface area (Å²) in [6, 6.07) is 7.14. The number of unbranched alkanes of at least 4 members (excludes halogenated alkanes) is 2. The molecule has 2 N–H and O–H groups in total. The highest BCUT2D eigenvalue weighted by atomic mass is 16.5. The third-order valence-electron chi connectivity index (χ3n) is 4.59. The molecule has 0 unspecified atom stereocenters. The van der Waals surface area contributed by atoms with Gasteiger partial charge in [0.2, 0.25) is 23.6 Å². The van der Waals surface area contributed by atoms with E-state index in [-0.39, 0.29) is 43.3 Å². The molecule has 1 aliphatic heterocycles. The van der Waals surface area contributed by atoms with E-state index in [9.17, 15) is 19.2 Å². The van der Waals surface area contributed by atoms with Crippen LogP contribution in [0.2, 0.25) is 0 Å². The highest BCUT2D eigenvalue weighted by Crippen LogP contribution is 2.14. The Morgan fingerprint density at radius 2 is 1.79 bits per heavy atom. The van der Waals surface area contributed by atoms with Gasteiger partial charge in [-0.25, -0.2) is 0 Å². The molecule has 4 amide bonds. The lowest BCUT2D eigenvalue weighted by molar-refractivity contribution is -0.152. The molecule has 0 atom stereocenters. The first-order chi connectivity index (χ1) is 14.0. The number of ether oxygens (including phenoxy) is 1.